The summed E-state index contributed by atoms with van der Waals surface area (Å²) < 4.78 is 8.68. The van der Waals surface area contributed by atoms with E-state index in [2.05, 4.69) is 55.6 Å². The minimum absolute atomic E-state index is 0.0274. The second-order valence-electron chi connectivity index (χ2n) is 9.74. The van der Waals surface area contributed by atoms with Crippen molar-refractivity contribution in [3.63, 3.8) is 0 Å². The molecule has 0 aliphatic carbocycles. The van der Waals surface area contributed by atoms with Crippen LogP contribution in [0.4, 0.5) is 5.82 Å². The number of aromatic nitrogens is 2. The average Bonchev–Trinajstić information content (AvgIpc) is 3.28. The molecule has 0 bridgehead atoms. The Morgan fingerprint density at radius 1 is 1.15 bits per heavy atom. The van der Waals surface area contributed by atoms with Crippen LogP contribution in [0.25, 0.3) is 10.0 Å². The first-order chi connectivity index (χ1) is 15.8. The zero-order valence-electron chi connectivity index (χ0n) is 19.9. The average molecular weight is 508 g/mol. The van der Waals surface area contributed by atoms with Crippen LogP contribution in [0.5, 0.6) is 5.75 Å². The van der Waals surface area contributed by atoms with Crippen LogP contribution in [0, 0.1) is 17.3 Å². The summed E-state index contributed by atoms with van der Waals surface area (Å²) in [6.07, 6.45) is 6.26. The van der Waals surface area contributed by atoms with Crippen LogP contribution in [-0.2, 0) is 6.61 Å². The molecule has 3 heterocycles. The predicted molar refractivity (Wildman–Crippen MR) is 135 cm³/mol. The van der Waals surface area contributed by atoms with E-state index in [1.54, 1.807) is 0 Å². The number of nitrogen functional groups attached to an aromatic ring is 1. The van der Waals surface area contributed by atoms with Crippen molar-refractivity contribution in [1.82, 2.24) is 14.9 Å². The third-order valence-corrected chi connectivity index (χ3v) is 8.20. The number of piperidine rings is 1. The normalized spacial score (nSPS) is 15.2. The molecule has 5 nitrogen and oxygen atoms in total. The van der Waals surface area contributed by atoms with Gasteiger partial charge < -0.3 is 0 Å². The van der Waals surface area contributed by atoms with E-state index < -0.39 is 0 Å². The zero-order valence-corrected chi connectivity index (χ0v) is 21.6. The van der Waals surface area contributed by atoms with E-state index >= 15 is 0 Å². The topological polar surface area (TPSA) is 64.3 Å². The summed E-state index contributed by atoms with van der Waals surface area (Å²) in [5.41, 5.74) is 9.20. The summed E-state index contributed by atoms with van der Waals surface area (Å²) in [4.78, 5) is 11.6. The molecule has 0 amide bonds. The Kier molecular flexibility index (Phi) is 7.24. The molecule has 33 heavy (non-hydrogen) atoms. The summed E-state index contributed by atoms with van der Waals surface area (Å²) in [5.74, 6) is 8.16. The first-order valence-electron chi connectivity index (χ1n) is 11.4. The van der Waals surface area contributed by atoms with Gasteiger partial charge in [0.25, 0.3) is 0 Å². The van der Waals surface area contributed by atoms with Crippen LogP contribution in [0.1, 0.15) is 55.2 Å². The molecule has 1 saturated heterocycles. The molecule has 2 N–H and O–H groups in total. The fraction of sp³-hybridized carbons (Fsp3) is 0.407. The van der Waals surface area contributed by atoms with Crippen molar-refractivity contribution in [3.8, 4) is 27.6 Å². The molecule has 1 aromatic carbocycles. The third-order valence-electron chi connectivity index (χ3n) is 5.66. The Bertz CT molecular complexity index is 1160. The van der Waals surface area contributed by atoms with Crippen LogP contribution >= 0.6 is 0 Å². The van der Waals surface area contributed by atoms with Crippen molar-refractivity contribution >= 4 is 20.3 Å². The van der Waals surface area contributed by atoms with Gasteiger partial charge in [0.2, 0.25) is 0 Å². The molecule has 0 saturated carbocycles. The zero-order chi connectivity index (χ0) is 23.4. The fourth-order valence-corrected chi connectivity index (χ4v) is 5.97. The number of pyridine rings is 1. The molecule has 1 fully saturated rings. The van der Waals surface area contributed by atoms with Gasteiger partial charge in [0.15, 0.2) is 0 Å². The molecule has 4 rings (SSSR count). The predicted octanol–water partition coefficient (Wildman–Crippen LogP) is 4.57. The molecule has 0 spiro atoms. The van der Waals surface area contributed by atoms with Crippen molar-refractivity contribution in [1.29, 1.82) is 0 Å². The molecule has 2 aromatic heterocycles. The van der Waals surface area contributed by atoms with E-state index in [1.807, 2.05) is 36.7 Å². The summed E-state index contributed by atoms with van der Waals surface area (Å²) in [6, 6.07) is 10.1. The van der Waals surface area contributed by atoms with Crippen LogP contribution in [-0.4, -0.2) is 49.5 Å². The number of hydrogen-bond donors (Lipinski definition) is 1. The number of likely N-dealkylation sites (tertiary alicyclic amines) is 1. The van der Waals surface area contributed by atoms with Crippen LogP contribution in [0.3, 0.4) is 0 Å². The Morgan fingerprint density at radius 2 is 1.94 bits per heavy atom. The fourth-order valence-electron chi connectivity index (χ4n) is 3.73. The third kappa shape index (κ3) is 6.48. The number of nitrogens with zero attached hydrogens (tertiary/aromatic N) is 3. The van der Waals surface area contributed by atoms with E-state index in [0.717, 1.165) is 29.8 Å². The Labute approximate surface area is 203 Å². The summed E-state index contributed by atoms with van der Waals surface area (Å²) in [7, 11) is 2.19. The quantitative estimate of drug-likeness (QED) is 0.405. The van der Waals surface area contributed by atoms with Gasteiger partial charge in [0.1, 0.15) is 0 Å². The molecule has 6 heteroatoms. The Hall–Kier alpha value is -2.58. The molecule has 3 aromatic rings. The van der Waals surface area contributed by atoms with Gasteiger partial charge in [-0.1, -0.05) is 0 Å². The molecule has 1 aliphatic heterocycles. The van der Waals surface area contributed by atoms with Gasteiger partial charge in [-0.25, -0.2) is 0 Å². The van der Waals surface area contributed by atoms with E-state index in [-0.39, 0.29) is 19.9 Å². The summed E-state index contributed by atoms with van der Waals surface area (Å²) in [5, 5.41) is 0. The minimum atomic E-state index is -0.0274. The van der Waals surface area contributed by atoms with Gasteiger partial charge in [-0.2, -0.15) is 0 Å². The van der Waals surface area contributed by atoms with E-state index in [9.17, 15) is 0 Å². The van der Waals surface area contributed by atoms with Crippen molar-refractivity contribution in [2.75, 3.05) is 25.9 Å². The van der Waals surface area contributed by atoms with Gasteiger partial charge >= 0.3 is 183 Å². The molecule has 0 radical (unpaired) electrons. The SMILES string of the molecule is CN1CCC(c2ncc(-c3cnc(N)c(OCc4cccc(C#CC(C)(C)C)c4)c3)[se]2)CC1. The number of rotatable bonds is 5. The molecule has 1 aliphatic rings. The monoisotopic (exact) mass is 508 g/mol. The summed E-state index contributed by atoms with van der Waals surface area (Å²) in [6.45, 7) is 9.05. The van der Waals surface area contributed by atoms with Gasteiger partial charge in [-0.05, 0) is 20.8 Å². The number of benzene rings is 1. The van der Waals surface area contributed by atoms with E-state index in [1.165, 1.54) is 21.8 Å². The molecule has 172 valence electrons. The van der Waals surface area contributed by atoms with Gasteiger partial charge in [-0.15, -0.1) is 0 Å². The number of anilines is 1. The molecule has 0 atom stereocenters. The van der Waals surface area contributed by atoms with Crippen molar-refractivity contribution in [3.05, 3.63) is 58.4 Å². The Morgan fingerprint density at radius 3 is 2.70 bits per heavy atom. The molecule has 0 unspecified atom stereocenters. The summed E-state index contributed by atoms with van der Waals surface area (Å²) >= 11 is 0.232. The van der Waals surface area contributed by atoms with Crippen molar-refractivity contribution in [2.45, 2.75) is 46.1 Å². The van der Waals surface area contributed by atoms with Crippen LogP contribution < -0.4 is 10.5 Å². The number of ether oxygens (including phenoxy) is 1. The molecular formula is C27H32N4OSe. The Balaban J connectivity index is 1.46. The van der Waals surface area contributed by atoms with Crippen molar-refractivity contribution < 1.29 is 4.74 Å². The van der Waals surface area contributed by atoms with E-state index in [4.69, 9.17) is 15.5 Å². The molecular weight excluding hydrogens is 475 g/mol. The van der Waals surface area contributed by atoms with E-state index in [0.29, 0.717) is 24.1 Å². The van der Waals surface area contributed by atoms with Crippen LogP contribution in [0.2, 0.25) is 0 Å². The maximum absolute atomic E-state index is 6.13. The second-order valence-corrected chi connectivity index (χ2v) is 12.0. The van der Waals surface area contributed by atoms with Crippen LogP contribution in [0.15, 0.2) is 42.7 Å². The van der Waals surface area contributed by atoms with Gasteiger partial charge in [0.05, 0.1) is 0 Å². The van der Waals surface area contributed by atoms with Gasteiger partial charge in [-0.3, -0.25) is 0 Å². The number of hydrogen-bond acceptors (Lipinski definition) is 5. The maximum atomic E-state index is 6.13. The first kappa shape index (κ1) is 23.6. The second kappa shape index (κ2) is 10.1. The van der Waals surface area contributed by atoms with Crippen molar-refractivity contribution in [2.24, 2.45) is 5.41 Å². The number of nitrogens with two attached hydrogens (primary N) is 1. The standard InChI is InChI=1S/C27H32N4OSe/c1-27(2,3)11-8-19-6-5-7-20(14-19)18-32-23-15-22(16-29-25(23)28)24-17-30-26(33-24)21-9-12-31(4)13-10-21/h5-7,14-17,21H,9-10,12-13,18H2,1-4H3,(H2,28,29). The first-order valence-corrected chi connectivity index (χ1v) is 13.1. The van der Waals surface area contributed by atoms with Gasteiger partial charge in [0, 0.05) is 0 Å².